The Balaban J connectivity index is 2.17. The van der Waals surface area contributed by atoms with Gasteiger partial charge in [-0.15, -0.1) is 0 Å². The van der Waals surface area contributed by atoms with E-state index in [4.69, 9.17) is 22.1 Å². The number of anilines is 2. The second-order valence-electron chi connectivity index (χ2n) is 3.94. The number of hydrogen-bond donors (Lipinski definition) is 2. The van der Waals surface area contributed by atoms with Crippen LogP contribution in [0.4, 0.5) is 11.8 Å². The summed E-state index contributed by atoms with van der Waals surface area (Å²) in [6, 6.07) is 8.78. The highest BCUT2D eigenvalue weighted by Gasteiger charge is 2.04. The van der Waals surface area contributed by atoms with Gasteiger partial charge in [0.15, 0.2) is 0 Å². The Hall–Kier alpha value is -2.01. The molecule has 0 aliphatic rings. The number of nitrogens with zero attached hydrogens (tertiary/aromatic N) is 2. The number of ether oxygens (including phenoxy) is 1. The van der Waals surface area contributed by atoms with E-state index in [1.54, 1.807) is 30.3 Å². The van der Waals surface area contributed by atoms with Crippen LogP contribution in [-0.4, -0.2) is 16.5 Å². The van der Waals surface area contributed by atoms with Gasteiger partial charge in [-0.25, -0.2) is 0 Å². The molecule has 0 radical (unpaired) electrons. The molecule has 0 aliphatic heterocycles. The Morgan fingerprint density at radius 3 is 2.89 bits per heavy atom. The number of nitrogens with one attached hydrogen (secondary N) is 1. The van der Waals surface area contributed by atoms with Crippen LogP contribution in [0.2, 0.25) is 5.02 Å². The molecule has 0 fully saturated rings. The molecule has 2 aromatic rings. The summed E-state index contributed by atoms with van der Waals surface area (Å²) in [5.74, 6) is 1.80. The predicted molar refractivity (Wildman–Crippen MR) is 76.8 cm³/mol. The van der Waals surface area contributed by atoms with E-state index in [2.05, 4.69) is 22.2 Å². The summed E-state index contributed by atoms with van der Waals surface area (Å²) >= 11 is 5.89. The Morgan fingerprint density at radius 1 is 1.32 bits per heavy atom. The molecule has 0 saturated carbocycles. The van der Waals surface area contributed by atoms with Crippen LogP contribution < -0.4 is 15.8 Å². The van der Waals surface area contributed by atoms with Gasteiger partial charge in [0.2, 0.25) is 11.8 Å². The van der Waals surface area contributed by atoms with Crippen LogP contribution in [0.3, 0.4) is 0 Å². The summed E-state index contributed by atoms with van der Waals surface area (Å²) in [7, 11) is 0. The summed E-state index contributed by atoms with van der Waals surface area (Å²) in [5.41, 5.74) is 5.65. The van der Waals surface area contributed by atoms with Crippen LogP contribution >= 0.6 is 11.6 Å². The zero-order chi connectivity index (χ0) is 13.7. The minimum Gasteiger partial charge on any atom is -0.439 e. The molecule has 0 saturated heterocycles. The number of halogens is 1. The van der Waals surface area contributed by atoms with Crippen LogP contribution in [0.1, 0.15) is 13.3 Å². The van der Waals surface area contributed by atoms with E-state index in [1.165, 1.54) is 0 Å². The first-order valence-corrected chi connectivity index (χ1v) is 6.37. The lowest BCUT2D eigenvalue weighted by molar-refractivity contribution is 0.463. The largest absolute Gasteiger partial charge is 0.439 e. The summed E-state index contributed by atoms with van der Waals surface area (Å²) < 4.78 is 5.61. The van der Waals surface area contributed by atoms with Gasteiger partial charge in [-0.05, 0) is 24.6 Å². The maximum atomic E-state index is 5.89. The number of nitrogens with two attached hydrogens (primary N) is 1. The van der Waals surface area contributed by atoms with Crippen molar-refractivity contribution in [2.75, 3.05) is 17.6 Å². The quantitative estimate of drug-likeness (QED) is 0.878. The van der Waals surface area contributed by atoms with E-state index >= 15 is 0 Å². The normalized spacial score (nSPS) is 10.2. The molecule has 0 atom stereocenters. The van der Waals surface area contributed by atoms with Crippen molar-refractivity contribution >= 4 is 23.4 Å². The minimum absolute atomic E-state index is 0.165. The van der Waals surface area contributed by atoms with Crippen molar-refractivity contribution < 1.29 is 4.74 Å². The topological polar surface area (TPSA) is 73.1 Å². The van der Waals surface area contributed by atoms with Crippen LogP contribution in [0.5, 0.6) is 11.6 Å². The lowest BCUT2D eigenvalue weighted by Gasteiger charge is -2.08. The average molecular weight is 279 g/mol. The number of benzene rings is 1. The van der Waals surface area contributed by atoms with Crippen molar-refractivity contribution in [3.05, 3.63) is 35.4 Å². The molecule has 1 aromatic carbocycles. The third kappa shape index (κ3) is 3.99. The van der Waals surface area contributed by atoms with Gasteiger partial charge < -0.3 is 15.8 Å². The average Bonchev–Trinajstić information content (AvgIpc) is 2.35. The number of hydrogen-bond acceptors (Lipinski definition) is 5. The zero-order valence-electron chi connectivity index (χ0n) is 10.6. The van der Waals surface area contributed by atoms with Crippen molar-refractivity contribution in [2.24, 2.45) is 0 Å². The van der Waals surface area contributed by atoms with Gasteiger partial charge in [-0.1, -0.05) is 24.6 Å². The van der Waals surface area contributed by atoms with Crippen molar-refractivity contribution in [3.8, 4) is 11.6 Å². The molecule has 6 heteroatoms. The Kier molecular flexibility index (Phi) is 4.41. The highest BCUT2D eigenvalue weighted by atomic mass is 35.5. The smallest absolute Gasteiger partial charge is 0.226 e. The second-order valence-corrected chi connectivity index (χ2v) is 4.37. The van der Waals surface area contributed by atoms with E-state index in [1.807, 2.05) is 0 Å². The lowest BCUT2D eigenvalue weighted by atomic mass is 10.3. The van der Waals surface area contributed by atoms with E-state index in [-0.39, 0.29) is 5.95 Å². The Bertz CT molecular complexity index is 562. The first-order valence-electron chi connectivity index (χ1n) is 5.99. The first-order chi connectivity index (χ1) is 9.17. The van der Waals surface area contributed by atoms with Crippen molar-refractivity contribution in [2.45, 2.75) is 13.3 Å². The molecule has 3 N–H and O–H groups in total. The van der Waals surface area contributed by atoms with Gasteiger partial charge >= 0.3 is 0 Å². The molecule has 0 unspecified atom stereocenters. The lowest BCUT2D eigenvalue weighted by Crippen LogP contribution is -2.05. The van der Waals surface area contributed by atoms with E-state index in [0.717, 1.165) is 13.0 Å². The Labute approximate surface area is 116 Å². The second kappa shape index (κ2) is 6.24. The van der Waals surface area contributed by atoms with Gasteiger partial charge in [-0.2, -0.15) is 9.97 Å². The van der Waals surface area contributed by atoms with E-state index in [9.17, 15) is 0 Å². The highest BCUT2D eigenvalue weighted by Crippen LogP contribution is 2.24. The third-order valence-electron chi connectivity index (χ3n) is 2.29. The SMILES string of the molecule is CCCNc1cc(Oc2cccc(Cl)c2)nc(N)n1. The van der Waals surface area contributed by atoms with E-state index < -0.39 is 0 Å². The molecule has 0 spiro atoms. The number of rotatable bonds is 5. The van der Waals surface area contributed by atoms with Gasteiger partial charge in [-0.3, -0.25) is 0 Å². The van der Waals surface area contributed by atoms with Gasteiger partial charge in [0.1, 0.15) is 11.6 Å². The standard InChI is InChI=1S/C13H15ClN4O/c1-2-6-16-11-8-12(18-13(15)17-11)19-10-5-3-4-9(14)7-10/h3-5,7-8H,2,6H2,1H3,(H3,15,16,17,18). The van der Waals surface area contributed by atoms with Crippen LogP contribution in [0.15, 0.2) is 30.3 Å². The first kappa shape index (κ1) is 13.4. The molecule has 1 aromatic heterocycles. The summed E-state index contributed by atoms with van der Waals surface area (Å²) in [6.45, 7) is 2.88. The van der Waals surface area contributed by atoms with Crippen molar-refractivity contribution in [1.82, 2.24) is 9.97 Å². The zero-order valence-corrected chi connectivity index (χ0v) is 11.3. The fourth-order valence-corrected chi connectivity index (χ4v) is 1.67. The van der Waals surface area contributed by atoms with Crippen LogP contribution in [0.25, 0.3) is 0 Å². The van der Waals surface area contributed by atoms with Crippen LogP contribution in [-0.2, 0) is 0 Å². The van der Waals surface area contributed by atoms with Gasteiger partial charge in [0.25, 0.3) is 0 Å². The summed E-state index contributed by atoms with van der Waals surface area (Å²) in [6.07, 6.45) is 0.994. The predicted octanol–water partition coefficient (Wildman–Crippen LogP) is 3.33. The molecule has 1 heterocycles. The molecular formula is C13H15ClN4O. The third-order valence-corrected chi connectivity index (χ3v) is 2.53. The fourth-order valence-electron chi connectivity index (χ4n) is 1.49. The number of nitrogen functional groups attached to an aromatic ring is 1. The summed E-state index contributed by atoms with van der Waals surface area (Å²) in [4.78, 5) is 8.11. The van der Waals surface area contributed by atoms with E-state index in [0.29, 0.717) is 22.5 Å². The number of aromatic nitrogens is 2. The maximum Gasteiger partial charge on any atom is 0.226 e. The molecule has 0 amide bonds. The summed E-state index contributed by atoms with van der Waals surface area (Å²) in [5, 5.41) is 3.74. The molecule has 0 bridgehead atoms. The van der Waals surface area contributed by atoms with Gasteiger partial charge in [0, 0.05) is 17.6 Å². The molecule has 100 valence electrons. The highest BCUT2D eigenvalue weighted by molar-refractivity contribution is 6.30. The maximum absolute atomic E-state index is 5.89. The van der Waals surface area contributed by atoms with Crippen molar-refractivity contribution in [1.29, 1.82) is 0 Å². The molecule has 5 nitrogen and oxygen atoms in total. The van der Waals surface area contributed by atoms with Crippen molar-refractivity contribution in [3.63, 3.8) is 0 Å². The monoisotopic (exact) mass is 278 g/mol. The fraction of sp³-hybridized carbons (Fsp3) is 0.231. The molecule has 19 heavy (non-hydrogen) atoms. The van der Waals surface area contributed by atoms with Crippen LogP contribution in [0, 0.1) is 0 Å². The Morgan fingerprint density at radius 2 is 2.16 bits per heavy atom. The minimum atomic E-state index is 0.165. The molecule has 2 rings (SSSR count). The van der Waals surface area contributed by atoms with Gasteiger partial charge in [0.05, 0.1) is 0 Å². The molecule has 0 aliphatic carbocycles. The molecular weight excluding hydrogens is 264 g/mol.